The Kier molecular flexibility index (Phi) is 2.70. The van der Waals surface area contributed by atoms with Gasteiger partial charge in [0.05, 0.1) is 6.20 Å². The molecule has 0 fully saturated rings. The van der Waals surface area contributed by atoms with Crippen LogP contribution in [0.5, 0.6) is 5.75 Å². The first-order chi connectivity index (χ1) is 4.89. The largest absolute Gasteiger partial charge is 0.506 e. The predicted octanol–water partition coefficient (Wildman–Crippen LogP) is 1.97. The number of aromatic hydroxyl groups is 1. The minimum absolute atomic E-state index is 0.174. The van der Waals surface area contributed by atoms with Crippen molar-refractivity contribution < 1.29 is 5.11 Å². The van der Waals surface area contributed by atoms with Gasteiger partial charge < -0.3 is 5.11 Å². The van der Waals surface area contributed by atoms with Crippen LogP contribution in [0, 0.1) is 0 Å². The van der Waals surface area contributed by atoms with E-state index in [-0.39, 0.29) is 5.75 Å². The lowest BCUT2D eigenvalue weighted by atomic mass is 10.5. The number of hydrogen-bond donors (Lipinski definition) is 1. The van der Waals surface area contributed by atoms with E-state index >= 15 is 0 Å². The van der Waals surface area contributed by atoms with Crippen molar-refractivity contribution in [1.29, 1.82) is 0 Å². The summed E-state index contributed by atoms with van der Waals surface area (Å²) in [5, 5.41) is 10.8. The summed E-state index contributed by atoms with van der Waals surface area (Å²) >= 11 is 1.28. The van der Waals surface area contributed by atoms with Crippen molar-refractivity contribution in [3.63, 3.8) is 0 Å². The smallest absolute Gasteiger partial charge is 0.134 e. The third kappa shape index (κ3) is 2.46. The van der Waals surface area contributed by atoms with Crippen LogP contribution in [0.3, 0.4) is 0 Å². The average Bonchev–Trinajstić information content (AvgIpc) is 2.02. The Labute approximate surface area is 63.3 Å². The van der Waals surface area contributed by atoms with Crippen molar-refractivity contribution in [3.05, 3.63) is 35.8 Å². The molecule has 3 heteroatoms. The molecule has 0 spiro atoms. The normalized spacial score (nSPS) is 8.40. The molecule has 0 aliphatic heterocycles. The summed E-state index contributed by atoms with van der Waals surface area (Å²) in [5.74, 6) is 0.174. The molecular formula is C7H7NOS. The van der Waals surface area contributed by atoms with Crippen molar-refractivity contribution in [3.8, 4) is 5.75 Å². The van der Waals surface area contributed by atoms with Crippen LogP contribution in [0.2, 0.25) is 0 Å². The van der Waals surface area contributed by atoms with Crippen molar-refractivity contribution >= 4 is 11.5 Å². The zero-order chi connectivity index (χ0) is 7.23. The van der Waals surface area contributed by atoms with E-state index in [1.165, 1.54) is 17.7 Å². The van der Waals surface area contributed by atoms with Crippen molar-refractivity contribution in [2.45, 2.75) is 0 Å². The molecule has 10 heavy (non-hydrogen) atoms. The van der Waals surface area contributed by atoms with E-state index in [2.05, 4.69) is 4.37 Å². The van der Waals surface area contributed by atoms with Crippen LogP contribution in [-0.4, -0.2) is 9.48 Å². The van der Waals surface area contributed by atoms with Crippen LogP contribution in [0.4, 0.5) is 0 Å². The second-order valence-corrected chi connectivity index (χ2v) is 2.34. The second-order valence-electron chi connectivity index (χ2n) is 1.64. The fraction of sp³-hybridized carbons (Fsp3) is 0. The lowest BCUT2D eigenvalue weighted by Gasteiger charge is -1.76. The van der Waals surface area contributed by atoms with Crippen LogP contribution in [-0.2, 0) is 0 Å². The zero-order valence-electron chi connectivity index (χ0n) is 5.27. The Hall–Kier alpha value is -1.09. The molecule has 0 unspecified atom stereocenters. The number of hydrogen-bond acceptors (Lipinski definition) is 3. The molecule has 1 N–H and O–H groups in total. The molecular weight excluding hydrogens is 146 g/mol. The molecule has 2 nitrogen and oxygen atoms in total. The maximum atomic E-state index is 8.96. The minimum Gasteiger partial charge on any atom is -0.506 e. The Morgan fingerprint density at radius 1 is 1.30 bits per heavy atom. The molecule has 1 aromatic rings. The molecule has 0 atom stereocenters. The standard InChI is InChI=1S/C7H7NOS/c9-7-4-2-1-3-5-10-8-6-7/h1-6,9H. The van der Waals surface area contributed by atoms with E-state index in [4.69, 9.17) is 5.11 Å². The summed E-state index contributed by atoms with van der Waals surface area (Å²) in [5.41, 5.74) is 0. The Morgan fingerprint density at radius 3 is 3.10 bits per heavy atom. The highest BCUT2D eigenvalue weighted by Gasteiger charge is 1.74. The van der Waals surface area contributed by atoms with Gasteiger partial charge in [-0.05, 0) is 17.6 Å². The Morgan fingerprint density at radius 2 is 2.20 bits per heavy atom. The van der Waals surface area contributed by atoms with E-state index in [1.807, 2.05) is 17.5 Å². The van der Waals surface area contributed by atoms with Crippen LogP contribution >= 0.6 is 11.5 Å². The number of rotatable bonds is 0. The first kappa shape index (κ1) is 7.02. The van der Waals surface area contributed by atoms with Crippen molar-refractivity contribution in [2.75, 3.05) is 0 Å². The Balaban J connectivity index is 3.13. The lowest BCUT2D eigenvalue weighted by molar-refractivity contribution is 0.474. The van der Waals surface area contributed by atoms with Gasteiger partial charge in [-0.25, -0.2) is 0 Å². The van der Waals surface area contributed by atoms with E-state index < -0.39 is 0 Å². The predicted molar refractivity (Wildman–Crippen MR) is 41.4 cm³/mol. The number of aromatic nitrogens is 1. The first-order valence-electron chi connectivity index (χ1n) is 2.81. The molecule has 0 aromatic carbocycles. The third-order valence-corrected chi connectivity index (χ3v) is 1.38. The van der Waals surface area contributed by atoms with Gasteiger partial charge in [0.2, 0.25) is 0 Å². The summed E-state index contributed by atoms with van der Waals surface area (Å²) < 4.78 is 3.82. The van der Waals surface area contributed by atoms with Gasteiger partial charge in [0.25, 0.3) is 0 Å². The Bertz CT molecular complexity index is 221. The van der Waals surface area contributed by atoms with Gasteiger partial charge in [-0.15, -0.1) is 0 Å². The molecule has 0 aliphatic carbocycles. The monoisotopic (exact) mass is 153 g/mol. The molecule has 1 heterocycles. The second kappa shape index (κ2) is 3.85. The van der Waals surface area contributed by atoms with Crippen LogP contribution < -0.4 is 0 Å². The van der Waals surface area contributed by atoms with E-state index in [1.54, 1.807) is 12.1 Å². The topological polar surface area (TPSA) is 33.1 Å². The molecule has 0 aliphatic rings. The summed E-state index contributed by atoms with van der Waals surface area (Å²) in [7, 11) is 0. The summed E-state index contributed by atoms with van der Waals surface area (Å²) in [6.07, 6.45) is 1.41. The lowest BCUT2D eigenvalue weighted by Crippen LogP contribution is -1.54. The first-order valence-corrected chi connectivity index (χ1v) is 3.65. The SMILES string of the molecule is Oc1cccccsnc1. The van der Waals surface area contributed by atoms with Gasteiger partial charge in [0.1, 0.15) is 5.75 Å². The van der Waals surface area contributed by atoms with E-state index in [9.17, 15) is 0 Å². The quantitative estimate of drug-likeness (QED) is 0.618. The third-order valence-electron chi connectivity index (χ3n) is 0.874. The zero-order valence-corrected chi connectivity index (χ0v) is 6.08. The van der Waals surface area contributed by atoms with Crippen molar-refractivity contribution in [2.24, 2.45) is 0 Å². The fourth-order valence-corrected chi connectivity index (χ4v) is 0.862. The van der Waals surface area contributed by atoms with Gasteiger partial charge in [-0.1, -0.05) is 18.2 Å². The van der Waals surface area contributed by atoms with Crippen LogP contribution in [0.25, 0.3) is 0 Å². The number of nitrogens with zero attached hydrogens (tertiary/aromatic N) is 1. The maximum Gasteiger partial charge on any atom is 0.134 e. The highest BCUT2D eigenvalue weighted by Crippen LogP contribution is 1.99. The van der Waals surface area contributed by atoms with Gasteiger partial charge >= 0.3 is 0 Å². The maximum absolute atomic E-state index is 8.96. The highest BCUT2D eigenvalue weighted by atomic mass is 32.1. The average molecular weight is 153 g/mol. The van der Waals surface area contributed by atoms with Crippen LogP contribution in [0.1, 0.15) is 0 Å². The molecule has 52 valence electrons. The minimum atomic E-state index is 0.174. The van der Waals surface area contributed by atoms with Crippen molar-refractivity contribution in [1.82, 2.24) is 4.37 Å². The molecule has 0 bridgehead atoms. The van der Waals surface area contributed by atoms with E-state index in [0.29, 0.717) is 0 Å². The van der Waals surface area contributed by atoms with Gasteiger partial charge in [-0.2, -0.15) is 4.37 Å². The van der Waals surface area contributed by atoms with E-state index in [0.717, 1.165) is 0 Å². The van der Waals surface area contributed by atoms with Gasteiger partial charge in [0.15, 0.2) is 0 Å². The molecule has 0 radical (unpaired) electrons. The highest BCUT2D eigenvalue weighted by molar-refractivity contribution is 7.03. The molecule has 0 amide bonds. The molecule has 1 rings (SSSR count). The summed E-state index contributed by atoms with van der Waals surface area (Å²) in [6.45, 7) is 0. The molecule has 0 saturated carbocycles. The molecule has 0 saturated heterocycles. The molecule has 1 aromatic heterocycles. The van der Waals surface area contributed by atoms with Gasteiger partial charge in [0, 0.05) is 5.38 Å². The fourth-order valence-electron chi connectivity index (χ4n) is 0.461. The summed E-state index contributed by atoms with van der Waals surface area (Å²) in [6, 6.07) is 7.03. The van der Waals surface area contributed by atoms with Crippen LogP contribution in [0.15, 0.2) is 35.8 Å². The van der Waals surface area contributed by atoms with Gasteiger partial charge in [-0.3, -0.25) is 0 Å². The summed E-state index contributed by atoms with van der Waals surface area (Å²) in [4.78, 5) is 0.